The molecule has 0 fully saturated rings. The van der Waals surface area contributed by atoms with Gasteiger partial charge in [0.15, 0.2) is 0 Å². The number of ether oxygens (including phenoxy) is 1. The number of benzene rings is 1. The van der Waals surface area contributed by atoms with Gasteiger partial charge in [-0.3, -0.25) is 9.59 Å². The van der Waals surface area contributed by atoms with Gasteiger partial charge in [-0.1, -0.05) is 0 Å². The number of hydrogen-bond acceptors (Lipinski definition) is 4. The van der Waals surface area contributed by atoms with Crippen LogP contribution in [-0.2, 0) is 9.59 Å². The maximum Gasteiger partial charge on any atom is 0.239 e. The molecule has 6 heteroatoms. The minimum absolute atomic E-state index is 0.0715. The van der Waals surface area contributed by atoms with Crippen molar-refractivity contribution in [3.8, 4) is 5.75 Å². The molecule has 1 aromatic rings. The van der Waals surface area contributed by atoms with Crippen molar-refractivity contribution in [2.75, 3.05) is 26.0 Å². The highest BCUT2D eigenvalue weighted by Gasteiger charge is 2.13. The van der Waals surface area contributed by atoms with Crippen molar-refractivity contribution < 1.29 is 14.3 Å². The second-order valence-corrected chi connectivity index (χ2v) is 6.21. The van der Waals surface area contributed by atoms with Crippen molar-refractivity contribution >= 4 is 23.6 Å². The summed E-state index contributed by atoms with van der Waals surface area (Å²) in [5.74, 6) is 0.912. The molecule has 0 unspecified atom stereocenters. The molecule has 0 aliphatic heterocycles. The number of nitrogens with one attached hydrogen (secondary N) is 1. The van der Waals surface area contributed by atoms with Crippen LogP contribution in [0.1, 0.15) is 20.8 Å². The van der Waals surface area contributed by atoms with Gasteiger partial charge in [-0.2, -0.15) is 0 Å². The molecule has 1 N–H and O–H groups in total. The summed E-state index contributed by atoms with van der Waals surface area (Å²) in [6, 6.07) is 7.70. The van der Waals surface area contributed by atoms with Crippen LogP contribution in [0.3, 0.4) is 0 Å². The fraction of sp³-hybridized carbons (Fsp3) is 0.500. The van der Waals surface area contributed by atoms with Crippen LogP contribution in [0.2, 0.25) is 0 Å². The predicted molar refractivity (Wildman–Crippen MR) is 89.3 cm³/mol. The van der Waals surface area contributed by atoms with E-state index in [4.69, 9.17) is 4.74 Å². The van der Waals surface area contributed by atoms with Gasteiger partial charge in [0.1, 0.15) is 5.75 Å². The maximum absolute atomic E-state index is 12.0. The molecule has 1 aromatic carbocycles. The number of likely N-dealkylation sites (N-methyl/N-ethyl adjacent to an activating group) is 1. The first kappa shape index (κ1) is 18.4. The van der Waals surface area contributed by atoms with Crippen LogP contribution in [0.4, 0.5) is 0 Å². The van der Waals surface area contributed by atoms with Crippen LogP contribution < -0.4 is 10.1 Å². The van der Waals surface area contributed by atoms with Crippen molar-refractivity contribution in [2.24, 2.45) is 0 Å². The Bertz CT molecular complexity index is 489. The van der Waals surface area contributed by atoms with E-state index in [0.29, 0.717) is 12.4 Å². The number of carbonyl (C=O) groups excluding carboxylic acids is 2. The van der Waals surface area contributed by atoms with Crippen molar-refractivity contribution in [3.63, 3.8) is 0 Å². The fourth-order valence-corrected chi connectivity index (χ4v) is 2.56. The Hall–Kier alpha value is -1.69. The lowest BCUT2D eigenvalue weighted by Crippen LogP contribution is -2.41. The SMILES string of the molecule is CCOc1ccc(SCC(=O)N(C)CC(=O)NC(C)C)cc1. The number of hydrogen-bond donors (Lipinski definition) is 1. The first-order valence-corrected chi connectivity index (χ1v) is 8.30. The summed E-state index contributed by atoms with van der Waals surface area (Å²) in [5.41, 5.74) is 0. The zero-order valence-corrected chi connectivity index (χ0v) is 14.4. The number of rotatable bonds is 8. The Kier molecular flexibility index (Phi) is 7.80. The minimum atomic E-state index is -0.142. The molecule has 0 aliphatic rings. The van der Waals surface area contributed by atoms with E-state index in [2.05, 4.69) is 5.32 Å². The summed E-state index contributed by atoms with van der Waals surface area (Å²) < 4.78 is 5.37. The van der Waals surface area contributed by atoms with E-state index in [1.807, 2.05) is 45.0 Å². The van der Waals surface area contributed by atoms with Gasteiger partial charge < -0.3 is 15.0 Å². The summed E-state index contributed by atoms with van der Waals surface area (Å²) in [6.45, 7) is 6.44. The van der Waals surface area contributed by atoms with Crippen LogP contribution in [0.5, 0.6) is 5.75 Å². The molecule has 0 saturated heterocycles. The summed E-state index contributed by atoms with van der Waals surface area (Å²) in [5, 5.41) is 2.77. The van der Waals surface area contributed by atoms with Gasteiger partial charge in [-0.05, 0) is 45.0 Å². The smallest absolute Gasteiger partial charge is 0.239 e. The zero-order chi connectivity index (χ0) is 16.5. The van der Waals surface area contributed by atoms with Crippen molar-refractivity contribution in [3.05, 3.63) is 24.3 Å². The molecule has 0 aromatic heterocycles. The summed E-state index contributed by atoms with van der Waals surface area (Å²) >= 11 is 1.45. The molecule has 0 aliphatic carbocycles. The summed E-state index contributed by atoms with van der Waals surface area (Å²) in [6.07, 6.45) is 0. The molecular formula is C16H24N2O3S. The average molecular weight is 324 g/mol. The van der Waals surface area contributed by atoms with Crippen LogP contribution >= 0.6 is 11.8 Å². The van der Waals surface area contributed by atoms with Gasteiger partial charge in [0.05, 0.1) is 18.9 Å². The quantitative estimate of drug-likeness (QED) is 0.745. The monoisotopic (exact) mass is 324 g/mol. The van der Waals surface area contributed by atoms with Gasteiger partial charge in [0, 0.05) is 18.0 Å². The van der Waals surface area contributed by atoms with E-state index in [0.717, 1.165) is 10.6 Å². The second kappa shape index (κ2) is 9.35. The molecule has 0 radical (unpaired) electrons. The first-order valence-electron chi connectivity index (χ1n) is 7.31. The number of thioether (sulfide) groups is 1. The van der Waals surface area contributed by atoms with Gasteiger partial charge in [-0.15, -0.1) is 11.8 Å². The molecule has 0 heterocycles. The molecule has 2 amide bonds. The van der Waals surface area contributed by atoms with E-state index < -0.39 is 0 Å². The fourth-order valence-electron chi connectivity index (χ4n) is 1.73. The average Bonchev–Trinajstić information content (AvgIpc) is 2.45. The standard InChI is InChI=1S/C16H24N2O3S/c1-5-21-13-6-8-14(9-7-13)22-11-16(20)18(4)10-15(19)17-12(2)3/h6-9,12H,5,10-11H2,1-4H3,(H,17,19). The van der Waals surface area contributed by atoms with Gasteiger partial charge >= 0.3 is 0 Å². The summed E-state index contributed by atoms with van der Waals surface area (Å²) in [4.78, 5) is 26.1. The highest BCUT2D eigenvalue weighted by Crippen LogP contribution is 2.21. The van der Waals surface area contributed by atoms with Crippen LogP contribution in [0.25, 0.3) is 0 Å². The summed E-state index contributed by atoms with van der Waals surface area (Å²) in [7, 11) is 1.64. The number of carbonyl (C=O) groups is 2. The topological polar surface area (TPSA) is 58.6 Å². The third-order valence-corrected chi connectivity index (χ3v) is 3.75. The molecule has 0 bridgehead atoms. The number of amides is 2. The zero-order valence-electron chi connectivity index (χ0n) is 13.6. The van der Waals surface area contributed by atoms with E-state index in [-0.39, 0.29) is 24.4 Å². The normalized spacial score (nSPS) is 10.4. The van der Waals surface area contributed by atoms with E-state index >= 15 is 0 Å². The molecule has 1 rings (SSSR count). The third kappa shape index (κ3) is 6.85. The Morgan fingerprint density at radius 1 is 1.27 bits per heavy atom. The Morgan fingerprint density at radius 3 is 2.45 bits per heavy atom. The second-order valence-electron chi connectivity index (χ2n) is 5.17. The van der Waals surface area contributed by atoms with Gasteiger partial charge in [0.2, 0.25) is 11.8 Å². The highest BCUT2D eigenvalue weighted by molar-refractivity contribution is 8.00. The van der Waals surface area contributed by atoms with Crippen molar-refractivity contribution in [2.45, 2.75) is 31.7 Å². The largest absolute Gasteiger partial charge is 0.494 e. The molecule has 22 heavy (non-hydrogen) atoms. The Morgan fingerprint density at radius 2 is 1.91 bits per heavy atom. The lowest BCUT2D eigenvalue weighted by atomic mass is 10.3. The highest BCUT2D eigenvalue weighted by atomic mass is 32.2. The third-order valence-electron chi connectivity index (χ3n) is 2.75. The maximum atomic E-state index is 12.0. The van der Waals surface area contributed by atoms with E-state index in [1.165, 1.54) is 16.7 Å². The van der Waals surface area contributed by atoms with Crippen LogP contribution in [0.15, 0.2) is 29.2 Å². The number of nitrogens with zero attached hydrogens (tertiary/aromatic N) is 1. The van der Waals surface area contributed by atoms with E-state index in [1.54, 1.807) is 7.05 Å². The first-order chi connectivity index (χ1) is 10.4. The van der Waals surface area contributed by atoms with Gasteiger partial charge in [0.25, 0.3) is 0 Å². The van der Waals surface area contributed by atoms with Crippen LogP contribution in [-0.4, -0.2) is 48.7 Å². The lowest BCUT2D eigenvalue weighted by molar-refractivity contribution is -0.132. The molecule has 5 nitrogen and oxygen atoms in total. The van der Waals surface area contributed by atoms with E-state index in [9.17, 15) is 9.59 Å². The molecule has 122 valence electrons. The van der Waals surface area contributed by atoms with Crippen molar-refractivity contribution in [1.82, 2.24) is 10.2 Å². The van der Waals surface area contributed by atoms with Crippen LogP contribution in [0, 0.1) is 0 Å². The van der Waals surface area contributed by atoms with Gasteiger partial charge in [-0.25, -0.2) is 0 Å². The molecule has 0 saturated carbocycles. The molecular weight excluding hydrogens is 300 g/mol. The molecule has 0 atom stereocenters. The Labute approximate surface area is 136 Å². The molecule has 0 spiro atoms. The van der Waals surface area contributed by atoms with Crippen molar-refractivity contribution in [1.29, 1.82) is 0 Å². The Balaban J connectivity index is 2.39. The minimum Gasteiger partial charge on any atom is -0.494 e. The predicted octanol–water partition coefficient (Wildman–Crippen LogP) is 2.16. The lowest BCUT2D eigenvalue weighted by Gasteiger charge is -2.17.